The zero-order valence-electron chi connectivity index (χ0n) is 9.71. The van der Waals surface area contributed by atoms with Crippen LogP contribution in [-0.2, 0) is 12.8 Å². The monoisotopic (exact) mass is 201 g/mol. The second-order valence-electron chi connectivity index (χ2n) is 5.25. The minimum Gasteiger partial charge on any atom is -0.365 e. The number of rotatable bonds is 2. The molecular formula is C14H19N. The van der Waals surface area contributed by atoms with Crippen molar-refractivity contribution in [3.8, 4) is 0 Å². The summed E-state index contributed by atoms with van der Waals surface area (Å²) in [4.78, 5) is 2.67. The average Bonchev–Trinajstić information content (AvgIpc) is 2.73. The summed E-state index contributed by atoms with van der Waals surface area (Å²) in [7, 11) is 0. The minimum absolute atomic E-state index is 0.406. The first kappa shape index (κ1) is 9.26. The summed E-state index contributed by atoms with van der Waals surface area (Å²) in [5.41, 5.74) is 5.14. The molecule has 0 bridgehead atoms. The van der Waals surface area contributed by atoms with Crippen LogP contribution >= 0.6 is 0 Å². The molecule has 3 rings (SSSR count). The SMILES string of the molecule is CCCC1(C)Cc2cccc3c2N1CC3. The van der Waals surface area contributed by atoms with Gasteiger partial charge in [-0.1, -0.05) is 31.5 Å². The molecule has 0 N–H and O–H groups in total. The van der Waals surface area contributed by atoms with E-state index in [9.17, 15) is 0 Å². The van der Waals surface area contributed by atoms with Gasteiger partial charge in [-0.05, 0) is 37.3 Å². The predicted octanol–water partition coefficient (Wildman–Crippen LogP) is 3.16. The lowest BCUT2D eigenvalue weighted by atomic mass is 9.90. The van der Waals surface area contributed by atoms with Gasteiger partial charge in [0.2, 0.25) is 0 Å². The third kappa shape index (κ3) is 1.15. The van der Waals surface area contributed by atoms with Crippen LogP contribution in [0.1, 0.15) is 37.8 Å². The first-order valence-corrected chi connectivity index (χ1v) is 6.13. The van der Waals surface area contributed by atoms with Crippen molar-refractivity contribution in [3.63, 3.8) is 0 Å². The first-order chi connectivity index (χ1) is 7.24. The van der Waals surface area contributed by atoms with Gasteiger partial charge < -0.3 is 4.90 Å². The Labute approximate surface area is 92.1 Å². The molecule has 0 amide bonds. The molecule has 1 unspecified atom stereocenters. The van der Waals surface area contributed by atoms with Crippen LogP contribution in [0, 0.1) is 0 Å². The van der Waals surface area contributed by atoms with Crippen LogP contribution in [-0.4, -0.2) is 12.1 Å². The maximum Gasteiger partial charge on any atom is 0.0437 e. The Morgan fingerprint density at radius 1 is 1.33 bits per heavy atom. The lowest BCUT2D eigenvalue weighted by Gasteiger charge is -2.35. The predicted molar refractivity (Wildman–Crippen MR) is 64.5 cm³/mol. The molecule has 0 aromatic heterocycles. The second kappa shape index (κ2) is 3.01. The van der Waals surface area contributed by atoms with E-state index in [1.165, 1.54) is 32.2 Å². The van der Waals surface area contributed by atoms with Crippen LogP contribution in [0.4, 0.5) is 5.69 Å². The fraction of sp³-hybridized carbons (Fsp3) is 0.571. The van der Waals surface area contributed by atoms with E-state index in [2.05, 4.69) is 36.9 Å². The van der Waals surface area contributed by atoms with E-state index < -0.39 is 0 Å². The van der Waals surface area contributed by atoms with Crippen molar-refractivity contribution in [2.24, 2.45) is 0 Å². The molecule has 0 aliphatic carbocycles. The molecule has 0 saturated carbocycles. The van der Waals surface area contributed by atoms with Crippen molar-refractivity contribution in [1.29, 1.82) is 0 Å². The molecule has 2 heterocycles. The third-order valence-corrected chi connectivity index (χ3v) is 4.09. The zero-order valence-corrected chi connectivity index (χ0v) is 9.71. The van der Waals surface area contributed by atoms with Gasteiger partial charge in [0.1, 0.15) is 0 Å². The smallest absolute Gasteiger partial charge is 0.0437 e. The molecule has 2 aliphatic rings. The summed E-state index contributed by atoms with van der Waals surface area (Å²) in [6, 6.07) is 6.85. The summed E-state index contributed by atoms with van der Waals surface area (Å²) >= 11 is 0. The molecule has 15 heavy (non-hydrogen) atoms. The fourth-order valence-electron chi connectivity index (χ4n) is 3.49. The summed E-state index contributed by atoms with van der Waals surface area (Å²) in [5.74, 6) is 0. The Kier molecular flexibility index (Phi) is 1.86. The maximum absolute atomic E-state index is 2.67. The molecule has 1 heteroatoms. The number of anilines is 1. The molecule has 1 nitrogen and oxygen atoms in total. The second-order valence-corrected chi connectivity index (χ2v) is 5.25. The number of hydrogen-bond donors (Lipinski definition) is 0. The fourth-order valence-corrected chi connectivity index (χ4v) is 3.49. The molecule has 1 atom stereocenters. The topological polar surface area (TPSA) is 3.24 Å². The van der Waals surface area contributed by atoms with Gasteiger partial charge >= 0.3 is 0 Å². The van der Waals surface area contributed by atoms with E-state index in [0.29, 0.717) is 5.54 Å². The molecule has 0 saturated heterocycles. The molecule has 2 aliphatic heterocycles. The first-order valence-electron chi connectivity index (χ1n) is 6.13. The van der Waals surface area contributed by atoms with Gasteiger partial charge in [-0.25, -0.2) is 0 Å². The van der Waals surface area contributed by atoms with E-state index in [1.54, 1.807) is 16.8 Å². The van der Waals surface area contributed by atoms with Gasteiger partial charge in [0.05, 0.1) is 0 Å². The highest BCUT2D eigenvalue weighted by atomic mass is 15.2. The van der Waals surface area contributed by atoms with Crippen molar-refractivity contribution in [2.75, 3.05) is 11.4 Å². The van der Waals surface area contributed by atoms with Gasteiger partial charge in [0.25, 0.3) is 0 Å². The van der Waals surface area contributed by atoms with Crippen LogP contribution < -0.4 is 4.90 Å². The number of para-hydroxylation sites is 1. The molecule has 1 aromatic rings. The quantitative estimate of drug-likeness (QED) is 0.710. The number of nitrogens with zero attached hydrogens (tertiary/aromatic N) is 1. The lowest BCUT2D eigenvalue weighted by molar-refractivity contribution is 0.412. The minimum atomic E-state index is 0.406. The summed E-state index contributed by atoms with van der Waals surface area (Å²) in [6.45, 7) is 5.97. The molecule has 1 aromatic carbocycles. The van der Waals surface area contributed by atoms with Crippen molar-refractivity contribution in [1.82, 2.24) is 0 Å². The highest BCUT2D eigenvalue weighted by molar-refractivity contribution is 5.69. The van der Waals surface area contributed by atoms with E-state index in [1.807, 2.05) is 0 Å². The highest BCUT2D eigenvalue weighted by Crippen LogP contribution is 2.46. The number of benzene rings is 1. The number of hydrogen-bond acceptors (Lipinski definition) is 1. The van der Waals surface area contributed by atoms with Gasteiger partial charge in [0.15, 0.2) is 0 Å². The lowest BCUT2D eigenvalue weighted by Crippen LogP contribution is -2.43. The third-order valence-electron chi connectivity index (χ3n) is 4.09. The van der Waals surface area contributed by atoms with Crippen LogP contribution in [0.15, 0.2) is 18.2 Å². The summed E-state index contributed by atoms with van der Waals surface area (Å²) < 4.78 is 0. The Morgan fingerprint density at radius 3 is 2.93 bits per heavy atom. The van der Waals surface area contributed by atoms with E-state index >= 15 is 0 Å². The highest BCUT2D eigenvalue weighted by Gasteiger charge is 2.42. The maximum atomic E-state index is 2.67. The summed E-state index contributed by atoms with van der Waals surface area (Å²) in [5, 5.41) is 0. The van der Waals surface area contributed by atoms with Gasteiger partial charge in [0, 0.05) is 17.8 Å². The van der Waals surface area contributed by atoms with Crippen LogP contribution in [0.3, 0.4) is 0 Å². The Morgan fingerprint density at radius 2 is 2.13 bits per heavy atom. The van der Waals surface area contributed by atoms with E-state index in [0.717, 1.165) is 0 Å². The average molecular weight is 201 g/mol. The van der Waals surface area contributed by atoms with Crippen molar-refractivity contribution in [3.05, 3.63) is 29.3 Å². The molecule has 0 radical (unpaired) electrons. The standard InChI is InChI=1S/C14H19N/c1-3-8-14(2)10-12-6-4-5-11-7-9-15(14)13(11)12/h4-6H,3,7-10H2,1-2H3. The molecule has 0 fully saturated rings. The largest absolute Gasteiger partial charge is 0.365 e. The van der Waals surface area contributed by atoms with Crippen molar-refractivity contribution in [2.45, 2.75) is 45.1 Å². The van der Waals surface area contributed by atoms with Crippen LogP contribution in [0.25, 0.3) is 0 Å². The molecular weight excluding hydrogens is 182 g/mol. The van der Waals surface area contributed by atoms with Gasteiger partial charge in [-0.15, -0.1) is 0 Å². The molecule has 80 valence electrons. The van der Waals surface area contributed by atoms with Crippen molar-refractivity contribution >= 4 is 5.69 Å². The van der Waals surface area contributed by atoms with Crippen LogP contribution in [0.2, 0.25) is 0 Å². The van der Waals surface area contributed by atoms with Crippen LogP contribution in [0.5, 0.6) is 0 Å². The Bertz CT molecular complexity index is 396. The van der Waals surface area contributed by atoms with Crippen molar-refractivity contribution < 1.29 is 0 Å². The zero-order chi connectivity index (χ0) is 10.5. The van der Waals surface area contributed by atoms with E-state index in [4.69, 9.17) is 0 Å². The Balaban J connectivity index is 2.07. The van der Waals surface area contributed by atoms with Gasteiger partial charge in [-0.2, -0.15) is 0 Å². The normalized spacial score (nSPS) is 27.2. The van der Waals surface area contributed by atoms with E-state index in [-0.39, 0.29) is 0 Å². The summed E-state index contributed by atoms with van der Waals surface area (Å²) in [6.07, 6.45) is 5.12. The van der Waals surface area contributed by atoms with Gasteiger partial charge in [-0.3, -0.25) is 0 Å². The molecule has 0 spiro atoms. The Hall–Kier alpha value is -0.980.